The van der Waals surface area contributed by atoms with E-state index in [1.165, 1.54) is 17.0 Å². The Bertz CT molecular complexity index is 844. The lowest BCUT2D eigenvalue weighted by molar-refractivity contribution is -0.175. The van der Waals surface area contributed by atoms with Crippen LogP contribution in [0.15, 0.2) is 48.5 Å². The van der Waals surface area contributed by atoms with Gasteiger partial charge in [-0.2, -0.15) is 0 Å². The summed E-state index contributed by atoms with van der Waals surface area (Å²) in [5.74, 6) is -3.52. The van der Waals surface area contributed by atoms with Crippen LogP contribution in [0.4, 0.5) is 14.9 Å². The van der Waals surface area contributed by atoms with E-state index in [-0.39, 0.29) is 24.0 Å². The van der Waals surface area contributed by atoms with Gasteiger partial charge in [0.05, 0.1) is 0 Å². The highest BCUT2D eigenvalue weighted by Gasteiger charge is 2.53. The van der Waals surface area contributed by atoms with Gasteiger partial charge in [0.25, 0.3) is 11.7 Å². The first-order valence-electron chi connectivity index (χ1n) is 8.31. The van der Waals surface area contributed by atoms with Gasteiger partial charge in [0, 0.05) is 29.7 Å². The SMILES string of the molecule is CC1CC(O)(OC(=O)NCc2cc(F)cc(Cl)c2)C(=O)N1c1ccccc1. The monoisotopic (exact) mass is 392 g/mol. The summed E-state index contributed by atoms with van der Waals surface area (Å²) < 4.78 is 18.3. The van der Waals surface area contributed by atoms with Crippen molar-refractivity contribution in [3.05, 3.63) is 64.9 Å². The molecule has 2 unspecified atom stereocenters. The fourth-order valence-corrected chi connectivity index (χ4v) is 3.33. The second-order valence-corrected chi connectivity index (χ2v) is 6.81. The van der Waals surface area contributed by atoms with Gasteiger partial charge >= 0.3 is 6.09 Å². The van der Waals surface area contributed by atoms with E-state index >= 15 is 0 Å². The average molecular weight is 393 g/mol. The second kappa shape index (κ2) is 7.54. The number of rotatable bonds is 4. The van der Waals surface area contributed by atoms with Gasteiger partial charge in [-0.05, 0) is 42.8 Å². The van der Waals surface area contributed by atoms with E-state index in [1.807, 2.05) is 6.07 Å². The van der Waals surface area contributed by atoms with Crippen molar-refractivity contribution in [3.8, 4) is 0 Å². The number of nitrogens with one attached hydrogen (secondary N) is 1. The molecular formula is C19H18ClFN2O4. The molecule has 3 rings (SSSR count). The fraction of sp³-hybridized carbons (Fsp3) is 0.263. The van der Waals surface area contributed by atoms with E-state index in [1.54, 1.807) is 31.2 Å². The Hall–Kier alpha value is -2.64. The third kappa shape index (κ3) is 4.20. The molecule has 0 radical (unpaired) electrons. The number of alkyl carbamates (subject to hydrolysis) is 1. The second-order valence-electron chi connectivity index (χ2n) is 6.37. The van der Waals surface area contributed by atoms with E-state index < -0.39 is 23.6 Å². The molecule has 27 heavy (non-hydrogen) atoms. The molecule has 1 aliphatic heterocycles. The van der Waals surface area contributed by atoms with E-state index in [0.29, 0.717) is 11.3 Å². The molecule has 0 bridgehead atoms. The van der Waals surface area contributed by atoms with E-state index in [9.17, 15) is 19.1 Å². The predicted molar refractivity (Wildman–Crippen MR) is 97.7 cm³/mol. The molecule has 1 heterocycles. The number of anilines is 1. The van der Waals surface area contributed by atoms with Gasteiger partial charge in [0.15, 0.2) is 0 Å². The van der Waals surface area contributed by atoms with Crippen molar-refractivity contribution in [1.82, 2.24) is 5.32 Å². The predicted octanol–water partition coefficient (Wildman–Crippen LogP) is 3.22. The Morgan fingerprint density at radius 2 is 2.07 bits per heavy atom. The molecule has 6 nitrogen and oxygen atoms in total. The summed E-state index contributed by atoms with van der Waals surface area (Å²) in [6.07, 6.45) is -1.06. The smallest absolute Gasteiger partial charge is 0.407 e. The van der Waals surface area contributed by atoms with Crippen LogP contribution >= 0.6 is 11.6 Å². The van der Waals surface area contributed by atoms with Crippen LogP contribution in [-0.2, 0) is 16.1 Å². The minimum atomic E-state index is -2.26. The van der Waals surface area contributed by atoms with E-state index in [2.05, 4.69) is 5.32 Å². The Balaban J connectivity index is 1.65. The van der Waals surface area contributed by atoms with E-state index in [0.717, 1.165) is 6.07 Å². The normalized spacial score (nSPS) is 22.0. The summed E-state index contributed by atoms with van der Waals surface area (Å²) in [7, 11) is 0. The van der Waals surface area contributed by atoms with Crippen molar-refractivity contribution < 1.29 is 23.8 Å². The van der Waals surface area contributed by atoms with Crippen LogP contribution in [-0.4, -0.2) is 28.9 Å². The molecule has 2 aromatic carbocycles. The van der Waals surface area contributed by atoms with Crippen LogP contribution in [0.3, 0.4) is 0 Å². The van der Waals surface area contributed by atoms with Crippen molar-refractivity contribution in [2.75, 3.05) is 4.90 Å². The van der Waals surface area contributed by atoms with Crippen molar-refractivity contribution in [2.24, 2.45) is 0 Å². The highest BCUT2D eigenvalue weighted by atomic mass is 35.5. The molecule has 142 valence electrons. The summed E-state index contributed by atoms with van der Waals surface area (Å²) in [5, 5.41) is 13.1. The molecule has 0 aliphatic carbocycles. The first kappa shape index (κ1) is 19.1. The maximum atomic E-state index is 13.3. The number of benzene rings is 2. The lowest BCUT2D eigenvalue weighted by Gasteiger charge is -2.23. The standard InChI is InChI=1S/C19H18ClFN2O4/c1-12-10-19(26,17(24)23(12)16-5-3-2-4-6-16)27-18(25)22-11-13-7-14(20)9-15(21)8-13/h2-9,12,26H,10-11H2,1H3,(H,22,25). The molecule has 0 spiro atoms. The molecule has 2 amide bonds. The van der Waals surface area contributed by atoms with Gasteiger partial charge < -0.3 is 20.1 Å². The average Bonchev–Trinajstić information content (AvgIpc) is 2.81. The molecule has 8 heteroatoms. The van der Waals surface area contributed by atoms with Crippen molar-refractivity contribution in [1.29, 1.82) is 0 Å². The van der Waals surface area contributed by atoms with Crippen LogP contribution in [0, 0.1) is 5.82 Å². The van der Waals surface area contributed by atoms with E-state index in [4.69, 9.17) is 16.3 Å². The number of hydrogen-bond donors (Lipinski definition) is 2. The van der Waals surface area contributed by atoms with Gasteiger partial charge in [0.1, 0.15) is 5.82 Å². The minimum absolute atomic E-state index is 0.0695. The Kier molecular flexibility index (Phi) is 5.34. The third-order valence-electron chi connectivity index (χ3n) is 4.22. The Morgan fingerprint density at radius 1 is 1.37 bits per heavy atom. The zero-order valence-electron chi connectivity index (χ0n) is 14.5. The van der Waals surface area contributed by atoms with Crippen molar-refractivity contribution >= 4 is 29.3 Å². The van der Waals surface area contributed by atoms with Crippen molar-refractivity contribution in [2.45, 2.75) is 31.7 Å². The lowest BCUT2D eigenvalue weighted by Crippen LogP contribution is -2.46. The van der Waals surface area contributed by atoms with Crippen LogP contribution < -0.4 is 10.2 Å². The number of aliphatic hydroxyl groups is 1. The molecule has 2 N–H and O–H groups in total. The van der Waals surface area contributed by atoms with Gasteiger partial charge in [0.2, 0.25) is 0 Å². The molecule has 2 aromatic rings. The number of nitrogens with zero attached hydrogens (tertiary/aromatic N) is 1. The number of carbonyl (C=O) groups excluding carboxylic acids is 2. The number of ether oxygens (including phenoxy) is 1. The van der Waals surface area contributed by atoms with Gasteiger partial charge in [-0.15, -0.1) is 0 Å². The first-order chi connectivity index (χ1) is 12.8. The molecule has 0 aromatic heterocycles. The van der Waals surface area contributed by atoms with Crippen LogP contribution in [0.25, 0.3) is 0 Å². The van der Waals surface area contributed by atoms with Gasteiger partial charge in [-0.1, -0.05) is 29.8 Å². The zero-order valence-corrected chi connectivity index (χ0v) is 15.2. The molecular weight excluding hydrogens is 375 g/mol. The third-order valence-corrected chi connectivity index (χ3v) is 4.44. The summed E-state index contributed by atoms with van der Waals surface area (Å²) >= 11 is 5.76. The molecule has 1 saturated heterocycles. The van der Waals surface area contributed by atoms with Gasteiger partial charge in [-0.25, -0.2) is 9.18 Å². The maximum Gasteiger partial charge on any atom is 0.410 e. The van der Waals surface area contributed by atoms with Crippen LogP contribution in [0.2, 0.25) is 5.02 Å². The van der Waals surface area contributed by atoms with Crippen LogP contribution in [0.1, 0.15) is 18.9 Å². The number of hydrogen-bond acceptors (Lipinski definition) is 4. The molecule has 1 fully saturated rings. The molecule has 1 aliphatic rings. The lowest BCUT2D eigenvalue weighted by atomic mass is 10.2. The summed E-state index contributed by atoms with van der Waals surface area (Å²) in [6.45, 7) is 1.68. The Labute approximate surface area is 160 Å². The van der Waals surface area contributed by atoms with Crippen molar-refractivity contribution in [3.63, 3.8) is 0 Å². The summed E-state index contributed by atoms with van der Waals surface area (Å²) in [6, 6.07) is 12.3. The zero-order chi connectivity index (χ0) is 19.6. The topological polar surface area (TPSA) is 78.9 Å². The van der Waals surface area contributed by atoms with Gasteiger partial charge in [-0.3, -0.25) is 4.79 Å². The number of halogens is 2. The fourth-order valence-electron chi connectivity index (χ4n) is 3.09. The highest BCUT2D eigenvalue weighted by Crippen LogP contribution is 2.33. The number of carbonyl (C=O) groups is 2. The number of amides is 2. The highest BCUT2D eigenvalue weighted by molar-refractivity contribution is 6.30. The Morgan fingerprint density at radius 3 is 2.74 bits per heavy atom. The summed E-state index contributed by atoms with van der Waals surface area (Å²) in [5.41, 5.74) is 1.02. The molecule has 2 atom stereocenters. The summed E-state index contributed by atoms with van der Waals surface area (Å²) in [4.78, 5) is 26.1. The van der Waals surface area contributed by atoms with Crippen LogP contribution in [0.5, 0.6) is 0 Å². The largest absolute Gasteiger partial charge is 0.410 e. The first-order valence-corrected chi connectivity index (χ1v) is 8.69. The number of para-hydroxylation sites is 1. The quantitative estimate of drug-likeness (QED) is 0.783. The minimum Gasteiger partial charge on any atom is -0.407 e. The maximum absolute atomic E-state index is 13.3. The molecule has 0 saturated carbocycles.